The van der Waals surface area contributed by atoms with E-state index in [1.165, 1.54) is 6.33 Å². The third kappa shape index (κ3) is 1.37. The Labute approximate surface area is 78.7 Å². The molecule has 6 heteroatoms. The summed E-state index contributed by atoms with van der Waals surface area (Å²) >= 11 is 5.86. The predicted molar refractivity (Wildman–Crippen MR) is 47.5 cm³/mol. The van der Waals surface area contributed by atoms with Crippen LogP contribution >= 0.6 is 11.6 Å². The first-order valence-corrected chi connectivity index (χ1v) is 4.04. The average Bonchev–Trinajstić information content (AvgIpc) is 2.51. The molecular weight excluding hydrogens is 192 g/mol. The molecule has 0 radical (unpaired) electrons. The topological polar surface area (TPSA) is 73.8 Å². The SMILES string of the molecule is ONCc1c[nH]c2ncnc(Cl)c12. The van der Waals surface area contributed by atoms with Gasteiger partial charge in [-0.3, -0.25) is 0 Å². The van der Waals surface area contributed by atoms with E-state index < -0.39 is 0 Å². The van der Waals surface area contributed by atoms with Crippen LogP contribution in [0, 0.1) is 0 Å². The van der Waals surface area contributed by atoms with Gasteiger partial charge in [0.1, 0.15) is 17.1 Å². The molecule has 0 aliphatic rings. The molecule has 2 rings (SSSR count). The Kier molecular flexibility index (Phi) is 2.13. The minimum Gasteiger partial charge on any atom is -0.346 e. The Hall–Kier alpha value is -1.17. The summed E-state index contributed by atoms with van der Waals surface area (Å²) in [5, 5.41) is 9.67. The second-order valence-electron chi connectivity index (χ2n) is 2.54. The number of rotatable bonds is 2. The quantitative estimate of drug-likeness (QED) is 0.499. The smallest absolute Gasteiger partial charge is 0.142 e. The number of nitrogens with zero attached hydrogens (tertiary/aromatic N) is 2. The van der Waals surface area contributed by atoms with Gasteiger partial charge in [-0.25, -0.2) is 15.4 Å². The van der Waals surface area contributed by atoms with Gasteiger partial charge in [0.25, 0.3) is 0 Å². The first-order valence-electron chi connectivity index (χ1n) is 3.66. The summed E-state index contributed by atoms with van der Waals surface area (Å²) in [6.45, 7) is 0.313. The Balaban J connectivity index is 2.64. The van der Waals surface area contributed by atoms with E-state index in [0.717, 1.165) is 10.9 Å². The Morgan fingerprint density at radius 2 is 2.38 bits per heavy atom. The number of hydrogen-bond acceptors (Lipinski definition) is 4. The van der Waals surface area contributed by atoms with Gasteiger partial charge in [-0.2, -0.15) is 0 Å². The van der Waals surface area contributed by atoms with Crippen molar-refractivity contribution < 1.29 is 5.21 Å². The van der Waals surface area contributed by atoms with Gasteiger partial charge in [-0.05, 0) is 5.56 Å². The number of hydroxylamine groups is 1. The fourth-order valence-corrected chi connectivity index (χ4v) is 1.46. The zero-order valence-electron chi connectivity index (χ0n) is 6.58. The minimum atomic E-state index is 0.313. The Morgan fingerprint density at radius 3 is 3.15 bits per heavy atom. The van der Waals surface area contributed by atoms with E-state index in [2.05, 4.69) is 20.4 Å². The van der Waals surface area contributed by atoms with Crippen LogP contribution in [0.5, 0.6) is 0 Å². The monoisotopic (exact) mass is 198 g/mol. The molecule has 0 aliphatic heterocycles. The van der Waals surface area contributed by atoms with Crippen LogP contribution in [-0.4, -0.2) is 20.2 Å². The maximum absolute atomic E-state index is 8.54. The van der Waals surface area contributed by atoms with Crippen molar-refractivity contribution in [2.24, 2.45) is 0 Å². The van der Waals surface area contributed by atoms with E-state index in [9.17, 15) is 0 Å². The largest absolute Gasteiger partial charge is 0.346 e. The molecular formula is C7H7ClN4O. The second kappa shape index (κ2) is 3.29. The lowest BCUT2D eigenvalue weighted by Gasteiger charge is -1.96. The highest BCUT2D eigenvalue weighted by atomic mass is 35.5. The minimum absolute atomic E-state index is 0.313. The molecule has 0 spiro atoms. The molecule has 0 fully saturated rings. The van der Waals surface area contributed by atoms with Crippen LogP contribution in [0.4, 0.5) is 0 Å². The van der Waals surface area contributed by atoms with Crippen molar-refractivity contribution in [3.8, 4) is 0 Å². The predicted octanol–water partition coefficient (Wildman–Crippen LogP) is 1.09. The molecule has 2 heterocycles. The zero-order chi connectivity index (χ0) is 9.26. The van der Waals surface area contributed by atoms with Gasteiger partial charge in [0.15, 0.2) is 0 Å². The Morgan fingerprint density at radius 1 is 1.54 bits per heavy atom. The van der Waals surface area contributed by atoms with E-state index in [-0.39, 0.29) is 0 Å². The number of hydrogen-bond donors (Lipinski definition) is 3. The van der Waals surface area contributed by atoms with Crippen LogP contribution in [0.1, 0.15) is 5.56 Å². The van der Waals surface area contributed by atoms with Crippen LogP contribution < -0.4 is 5.48 Å². The van der Waals surface area contributed by atoms with Crippen molar-refractivity contribution >= 4 is 22.6 Å². The lowest BCUT2D eigenvalue weighted by Crippen LogP contribution is -2.05. The normalized spacial score (nSPS) is 10.9. The molecule has 0 amide bonds. The number of fused-ring (bicyclic) bond motifs is 1. The van der Waals surface area contributed by atoms with Crippen LogP contribution in [-0.2, 0) is 6.54 Å². The van der Waals surface area contributed by atoms with Crippen molar-refractivity contribution in [2.75, 3.05) is 0 Å². The molecule has 68 valence electrons. The van der Waals surface area contributed by atoms with Gasteiger partial charge in [0.2, 0.25) is 0 Å². The molecule has 0 aliphatic carbocycles. The van der Waals surface area contributed by atoms with Gasteiger partial charge < -0.3 is 10.2 Å². The van der Waals surface area contributed by atoms with Crippen LogP contribution in [0.25, 0.3) is 11.0 Å². The van der Waals surface area contributed by atoms with E-state index in [1.807, 2.05) is 0 Å². The number of nitrogens with one attached hydrogen (secondary N) is 2. The highest BCUT2D eigenvalue weighted by Crippen LogP contribution is 2.22. The second-order valence-corrected chi connectivity index (χ2v) is 2.89. The van der Waals surface area contributed by atoms with Gasteiger partial charge >= 0.3 is 0 Å². The zero-order valence-corrected chi connectivity index (χ0v) is 7.34. The van der Waals surface area contributed by atoms with Crippen LogP contribution in [0.2, 0.25) is 5.15 Å². The highest BCUT2D eigenvalue weighted by molar-refractivity contribution is 6.34. The molecule has 2 aromatic rings. The number of aromatic nitrogens is 3. The van der Waals surface area contributed by atoms with Crippen LogP contribution in [0.15, 0.2) is 12.5 Å². The van der Waals surface area contributed by atoms with Gasteiger partial charge in [-0.15, -0.1) is 0 Å². The van der Waals surface area contributed by atoms with Gasteiger partial charge in [-0.1, -0.05) is 11.6 Å². The molecule has 0 atom stereocenters. The number of halogens is 1. The standard InChI is InChI=1S/C7H7ClN4O/c8-6-5-4(2-12-13)1-9-7(5)11-3-10-6/h1,3,12-13H,2H2,(H,9,10,11). The fourth-order valence-electron chi connectivity index (χ4n) is 1.21. The van der Waals surface area contributed by atoms with Crippen molar-refractivity contribution in [3.63, 3.8) is 0 Å². The number of H-pyrrole nitrogens is 1. The van der Waals surface area contributed by atoms with Gasteiger partial charge in [0.05, 0.1) is 5.39 Å². The highest BCUT2D eigenvalue weighted by Gasteiger charge is 2.08. The first-order chi connectivity index (χ1) is 6.33. The van der Waals surface area contributed by atoms with Gasteiger partial charge in [0, 0.05) is 12.7 Å². The summed E-state index contributed by atoms with van der Waals surface area (Å²) in [5.74, 6) is 0. The summed E-state index contributed by atoms with van der Waals surface area (Å²) in [6.07, 6.45) is 3.12. The summed E-state index contributed by atoms with van der Waals surface area (Å²) in [7, 11) is 0. The molecule has 0 saturated heterocycles. The molecule has 0 unspecified atom stereocenters. The summed E-state index contributed by atoms with van der Waals surface area (Å²) in [4.78, 5) is 10.8. The number of aromatic amines is 1. The third-order valence-corrected chi connectivity index (χ3v) is 2.06. The van der Waals surface area contributed by atoms with Crippen molar-refractivity contribution in [1.29, 1.82) is 0 Å². The van der Waals surface area contributed by atoms with E-state index in [0.29, 0.717) is 17.3 Å². The van der Waals surface area contributed by atoms with Crippen molar-refractivity contribution in [3.05, 3.63) is 23.2 Å². The molecule has 2 aromatic heterocycles. The molecule has 3 N–H and O–H groups in total. The third-order valence-electron chi connectivity index (χ3n) is 1.77. The van der Waals surface area contributed by atoms with E-state index >= 15 is 0 Å². The van der Waals surface area contributed by atoms with Crippen molar-refractivity contribution in [1.82, 2.24) is 20.4 Å². The maximum Gasteiger partial charge on any atom is 0.142 e. The molecule has 13 heavy (non-hydrogen) atoms. The van der Waals surface area contributed by atoms with E-state index in [4.69, 9.17) is 16.8 Å². The summed E-state index contributed by atoms with van der Waals surface area (Å²) < 4.78 is 0. The fraction of sp³-hybridized carbons (Fsp3) is 0.143. The molecule has 5 nitrogen and oxygen atoms in total. The lowest BCUT2D eigenvalue weighted by atomic mass is 10.2. The molecule has 0 bridgehead atoms. The molecule has 0 aromatic carbocycles. The summed E-state index contributed by atoms with van der Waals surface area (Å²) in [5.41, 5.74) is 3.56. The van der Waals surface area contributed by atoms with Crippen molar-refractivity contribution in [2.45, 2.75) is 6.54 Å². The molecule has 0 saturated carbocycles. The summed E-state index contributed by atoms with van der Waals surface area (Å²) in [6, 6.07) is 0. The average molecular weight is 199 g/mol. The first kappa shape index (κ1) is 8.43. The van der Waals surface area contributed by atoms with E-state index in [1.54, 1.807) is 6.20 Å². The van der Waals surface area contributed by atoms with Crippen LogP contribution in [0.3, 0.4) is 0 Å². The Bertz CT molecular complexity index is 427. The maximum atomic E-state index is 8.54. The lowest BCUT2D eigenvalue weighted by molar-refractivity contribution is 0.161.